The molecule has 0 aliphatic carbocycles. The Bertz CT molecular complexity index is 634. The van der Waals surface area contributed by atoms with Gasteiger partial charge < -0.3 is 9.80 Å². The molecule has 0 bridgehead atoms. The number of likely N-dealkylation sites (tertiary alicyclic amines) is 1. The zero-order chi connectivity index (χ0) is 16.1. The standard InChI is InChI=1S/C17H21FN2O2/c1-11(2)20-15-13(5-4-6-14(15)18)17(16(20)22)7-9-19(10-8-17)12(3)21/h4-6,11H,7-10H2,1-3H3. The Morgan fingerprint density at radius 2 is 1.91 bits per heavy atom. The molecule has 4 nitrogen and oxygen atoms in total. The van der Waals surface area contributed by atoms with Crippen molar-refractivity contribution in [3.05, 3.63) is 29.6 Å². The van der Waals surface area contributed by atoms with Crippen molar-refractivity contribution >= 4 is 17.5 Å². The zero-order valence-corrected chi connectivity index (χ0v) is 13.2. The molecule has 2 aliphatic rings. The smallest absolute Gasteiger partial charge is 0.238 e. The van der Waals surface area contributed by atoms with Crippen LogP contribution in [-0.2, 0) is 15.0 Å². The molecule has 1 saturated heterocycles. The molecule has 22 heavy (non-hydrogen) atoms. The minimum atomic E-state index is -0.673. The number of carbonyl (C=O) groups excluding carboxylic acids is 2. The van der Waals surface area contributed by atoms with Gasteiger partial charge in [-0.1, -0.05) is 12.1 Å². The Morgan fingerprint density at radius 1 is 1.27 bits per heavy atom. The number of hydrogen-bond acceptors (Lipinski definition) is 2. The normalized spacial score (nSPS) is 20.0. The van der Waals surface area contributed by atoms with Gasteiger partial charge in [0.1, 0.15) is 5.82 Å². The first-order valence-electron chi connectivity index (χ1n) is 7.76. The molecule has 2 amide bonds. The van der Waals surface area contributed by atoms with Gasteiger partial charge in [-0.05, 0) is 38.3 Å². The van der Waals surface area contributed by atoms with E-state index in [0.717, 1.165) is 5.56 Å². The lowest BCUT2D eigenvalue weighted by Gasteiger charge is -2.38. The first-order valence-corrected chi connectivity index (χ1v) is 7.76. The van der Waals surface area contributed by atoms with Gasteiger partial charge in [0.15, 0.2) is 0 Å². The molecule has 0 saturated carbocycles. The number of piperidine rings is 1. The molecule has 2 heterocycles. The molecular weight excluding hydrogens is 283 g/mol. The minimum absolute atomic E-state index is 0.0224. The molecule has 1 aromatic rings. The minimum Gasteiger partial charge on any atom is -0.343 e. The number of carbonyl (C=O) groups is 2. The maximum atomic E-state index is 14.4. The first-order chi connectivity index (χ1) is 10.4. The quantitative estimate of drug-likeness (QED) is 0.799. The van der Waals surface area contributed by atoms with Crippen molar-refractivity contribution in [2.24, 2.45) is 0 Å². The van der Waals surface area contributed by atoms with Crippen molar-refractivity contribution in [1.82, 2.24) is 4.90 Å². The lowest BCUT2D eigenvalue weighted by molar-refractivity contribution is -0.133. The Labute approximate surface area is 129 Å². The van der Waals surface area contributed by atoms with Crippen LogP contribution < -0.4 is 4.90 Å². The van der Waals surface area contributed by atoms with E-state index in [1.54, 1.807) is 22.8 Å². The Kier molecular flexibility index (Phi) is 3.46. The fourth-order valence-electron chi connectivity index (χ4n) is 3.77. The second-order valence-corrected chi connectivity index (χ2v) is 6.49. The second kappa shape index (κ2) is 5.07. The third kappa shape index (κ3) is 1.95. The van der Waals surface area contributed by atoms with Crippen molar-refractivity contribution in [3.8, 4) is 0 Å². The average Bonchev–Trinajstić information content (AvgIpc) is 2.71. The molecule has 1 aromatic carbocycles. The lowest BCUT2D eigenvalue weighted by atomic mass is 9.73. The van der Waals surface area contributed by atoms with Crippen LogP contribution in [0.15, 0.2) is 18.2 Å². The van der Waals surface area contributed by atoms with Crippen LogP contribution in [0.25, 0.3) is 0 Å². The number of fused-ring (bicyclic) bond motifs is 2. The monoisotopic (exact) mass is 304 g/mol. The summed E-state index contributed by atoms with van der Waals surface area (Å²) in [5, 5.41) is 0. The molecule has 2 aliphatic heterocycles. The van der Waals surface area contributed by atoms with Crippen LogP contribution in [0, 0.1) is 5.82 Å². The van der Waals surface area contributed by atoms with E-state index in [2.05, 4.69) is 0 Å². The largest absolute Gasteiger partial charge is 0.343 e. The number of halogens is 1. The SMILES string of the molecule is CC(=O)N1CCC2(CC1)C(=O)N(C(C)C)c1c(F)cccc12. The summed E-state index contributed by atoms with van der Waals surface area (Å²) >= 11 is 0. The molecule has 0 N–H and O–H groups in total. The number of anilines is 1. The van der Waals surface area contributed by atoms with Crippen molar-refractivity contribution in [1.29, 1.82) is 0 Å². The summed E-state index contributed by atoms with van der Waals surface area (Å²) in [6, 6.07) is 4.85. The highest BCUT2D eigenvalue weighted by Crippen LogP contribution is 2.49. The summed E-state index contributed by atoms with van der Waals surface area (Å²) in [5.41, 5.74) is 0.543. The van der Waals surface area contributed by atoms with Crippen molar-refractivity contribution in [2.45, 2.75) is 45.1 Å². The number of rotatable bonds is 1. The number of hydrogen-bond donors (Lipinski definition) is 0. The summed E-state index contributed by atoms with van der Waals surface area (Å²) in [6.45, 7) is 6.43. The predicted molar refractivity (Wildman–Crippen MR) is 82.2 cm³/mol. The Morgan fingerprint density at radius 3 is 2.45 bits per heavy atom. The summed E-state index contributed by atoms with van der Waals surface area (Å²) in [4.78, 5) is 27.9. The van der Waals surface area contributed by atoms with E-state index in [4.69, 9.17) is 0 Å². The summed E-state index contributed by atoms with van der Waals surface area (Å²) in [6.07, 6.45) is 1.12. The summed E-state index contributed by atoms with van der Waals surface area (Å²) < 4.78 is 14.4. The molecule has 0 radical (unpaired) electrons. The zero-order valence-electron chi connectivity index (χ0n) is 13.2. The van der Waals surface area contributed by atoms with Gasteiger partial charge in [0.25, 0.3) is 0 Å². The molecule has 3 rings (SSSR count). The van der Waals surface area contributed by atoms with E-state index in [1.807, 2.05) is 19.9 Å². The van der Waals surface area contributed by atoms with E-state index in [0.29, 0.717) is 31.6 Å². The van der Waals surface area contributed by atoms with E-state index >= 15 is 0 Å². The fourth-order valence-corrected chi connectivity index (χ4v) is 3.77. The van der Waals surface area contributed by atoms with E-state index < -0.39 is 5.41 Å². The lowest BCUT2D eigenvalue weighted by Crippen LogP contribution is -2.50. The molecule has 1 spiro atoms. The van der Waals surface area contributed by atoms with Crippen LogP contribution in [0.4, 0.5) is 10.1 Å². The third-order valence-electron chi connectivity index (χ3n) is 4.95. The molecule has 0 atom stereocenters. The highest BCUT2D eigenvalue weighted by Gasteiger charge is 2.53. The van der Waals surface area contributed by atoms with Crippen molar-refractivity contribution in [3.63, 3.8) is 0 Å². The van der Waals surface area contributed by atoms with Crippen LogP contribution >= 0.6 is 0 Å². The van der Waals surface area contributed by atoms with Crippen molar-refractivity contribution < 1.29 is 14.0 Å². The topological polar surface area (TPSA) is 40.6 Å². The highest BCUT2D eigenvalue weighted by molar-refractivity contribution is 6.08. The maximum Gasteiger partial charge on any atom is 0.238 e. The Balaban J connectivity index is 2.06. The van der Waals surface area contributed by atoms with Crippen molar-refractivity contribution in [2.75, 3.05) is 18.0 Å². The number of para-hydroxylation sites is 1. The number of amides is 2. The Hall–Kier alpha value is -1.91. The number of nitrogens with zero attached hydrogens (tertiary/aromatic N) is 2. The molecular formula is C17H21FN2O2. The van der Waals surface area contributed by atoms with Gasteiger partial charge in [0, 0.05) is 26.1 Å². The fraction of sp³-hybridized carbons (Fsp3) is 0.529. The summed E-state index contributed by atoms with van der Waals surface area (Å²) in [7, 11) is 0. The van der Waals surface area contributed by atoms with Gasteiger partial charge in [-0.3, -0.25) is 9.59 Å². The predicted octanol–water partition coefficient (Wildman–Crippen LogP) is 2.46. The molecule has 5 heteroatoms. The van der Waals surface area contributed by atoms with Gasteiger partial charge >= 0.3 is 0 Å². The van der Waals surface area contributed by atoms with Gasteiger partial charge in [-0.2, -0.15) is 0 Å². The average molecular weight is 304 g/mol. The van der Waals surface area contributed by atoms with E-state index in [1.165, 1.54) is 6.07 Å². The van der Waals surface area contributed by atoms with Crippen LogP contribution in [0.5, 0.6) is 0 Å². The maximum absolute atomic E-state index is 14.4. The molecule has 0 aromatic heterocycles. The molecule has 1 fully saturated rings. The molecule has 0 unspecified atom stereocenters. The van der Waals surface area contributed by atoms with Gasteiger partial charge in [0.2, 0.25) is 11.8 Å². The summed E-state index contributed by atoms with van der Waals surface area (Å²) in [5.74, 6) is -0.336. The van der Waals surface area contributed by atoms with Crippen LogP contribution in [0.1, 0.15) is 39.2 Å². The van der Waals surface area contributed by atoms with E-state index in [9.17, 15) is 14.0 Å². The highest BCUT2D eigenvalue weighted by atomic mass is 19.1. The number of benzene rings is 1. The van der Waals surface area contributed by atoms with Crippen LogP contribution in [0.2, 0.25) is 0 Å². The second-order valence-electron chi connectivity index (χ2n) is 6.49. The first kappa shape index (κ1) is 15.0. The van der Waals surface area contributed by atoms with Gasteiger partial charge in [-0.25, -0.2) is 4.39 Å². The molecule has 118 valence electrons. The van der Waals surface area contributed by atoms with Crippen LogP contribution in [-0.4, -0.2) is 35.8 Å². The third-order valence-corrected chi connectivity index (χ3v) is 4.95. The van der Waals surface area contributed by atoms with Crippen LogP contribution in [0.3, 0.4) is 0 Å². The van der Waals surface area contributed by atoms with Gasteiger partial charge in [-0.15, -0.1) is 0 Å². The van der Waals surface area contributed by atoms with E-state index in [-0.39, 0.29) is 23.7 Å². The van der Waals surface area contributed by atoms with Gasteiger partial charge in [0.05, 0.1) is 11.1 Å².